The van der Waals surface area contributed by atoms with E-state index in [9.17, 15) is 4.79 Å². The molecule has 1 aliphatic heterocycles. The first-order valence-electron chi connectivity index (χ1n) is 7.34. The summed E-state index contributed by atoms with van der Waals surface area (Å²) in [6.45, 7) is 4.74. The van der Waals surface area contributed by atoms with E-state index < -0.39 is 0 Å². The topological polar surface area (TPSA) is 32.3 Å². The summed E-state index contributed by atoms with van der Waals surface area (Å²) in [5, 5.41) is 3.51. The predicted molar refractivity (Wildman–Crippen MR) is 78.0 cm³/mol. The average Bonchev–Trinajstić information content (AvgIpc) is 2.46. The Morgan fingerprint density at radius 2 is 2.16 bits per heavy atom. The number of unbranched alkanes of at least 4 members (excludes halogenated alkanes) is 1. The van der Waals surface area contributed by atoms with E-state index >= 15 is 0 Å². The maximum Gasteiger partial charge on any atom is 0.222 e. The second kappa shape index (κ2) is 7.29. The Balaban J connectivity index is 1.85. The molecule has 0 spiro atoms. The Kier molecular flexibility index (Phi) is 5.40. The molecule has 0 radical (unpaired) electrons. The molecule has 1 aromatic carbocycles. The fourth-order valence-corrected chi connectivity index (χ4v) is 2.57. The first-order valence-corrected chi connectivity index (χ1v) is 7.34. The van der Waals surface area contributed by atoms with Crippen molar-refractivity contribution in [3.63, 3.8) is 0 Å². The van der Waals surface area contributed by atoms with Crippen molar-refractivity contribution in [2.45, 2.75) is 38.6 Å². The summed E-state index contributed by atoms with van der Waals surface area (Å²) in [5.74, 6) is 0.321. The van der Waals surface area contributed by atoms with Gasteiger partial charge in [-0.15, -0.1) is 0 Å². The normalized spacial score (nSPS) is 19.4. The largest absolute Gasteiger partial charge is 0.340 e. The van der Waals surface area contributed by atoms with Crippen LogP contribution in [0.5, 0.6) is 0 Å². The Bertz CT molecular complexity index is 391. The SMILES string of the molecule is CCCCC(=O)N1CCNC(Cc2ccccc2)C1. The van der Waals surface area contributed by atoms with Gasteiger partial charge < -0.3 is 10.2 Å². The molecule has 1 atom stereocenters. The average molecular weight is 260 g/mol. The van der Waals surface area contributed by atoms with Crippen molar-refractivity contribution < 1.29 is 4.79 Å². The Morgan fingerprint density at radius 1 is 1.37 bits per heavy atom. The van der Waals surface area contributed by atoms with E-state index in [1.165, 1.54) is 5.56 Å². The Morgan fingerprint density at radius 3 is 2.89 bits per heavy atom. The van der Waals surface area contributed by atoms with Crippen LogP contribution in [0.25, 0.3) is 0 Å². The maximum atomic E-state index is 12.1. The molecule has 1 saturated heterocycles. The third-order valence-electron chi connectivity index (χ3n) is 3.68. The molecule has 1 N–H and O–H groups in total. The molecule has 1 fully saturated rings. The zero-order chi connectivity index (χ0) is 13.5. The smallest absolute Gasteiger partial charge is 0.222 e. The zero-order valence-corrected chi connectivity index (χ0v) is 11.8. The van der Waals surface area contributed by atoms with Crippen LogP contribution < -0.4 is 5.32 Å². The number of hydrogen-bond donors (Lipinski definition) is 1. The Hall–Kier alpha value is -1.35. The number of rotatable bonds is 5. The predicted octanol–water partition coefficient (Wildman–Crippen LogP) is 2.22. The molecule has 1 amide bonds. The first kappa shape index (κ1) is 14.1. The number of benzene rings is 1. The van der Waals surface area contributed by atoms with Gasteiger partial charge in [0.05, 0.1) is 0 Å². The van der Waals surface area contributed by atoms with Gasteiger partial charge in [-0.1, -0.05) is 43.7 Å². The number of amides is 1. The van der Waals surface area contributed by atoms with Crippen molar-refractivity contribution in [2.24, 2.45) is 0 Å². The van der Waals surface area contributed by atoms with Crippen molar-refractivity contribution >= 4 is 5.91 Å². The van der Waals surface area contributed by atoms with Gasteiger partial charge in [0.1, 0.15) is 0 Å². The van der Waals surface area contributed by atoms with E-state index in [2.05, 4.69) is 36.5 Å². The van der Waals surface area contributed by atoms with Crippen LogP contribution in [-0.4, -0.2) is 36.5 Å². The van der Waals surface area contributed by atoms with Crippen LogP contribution in [0.15, 0.2) is 30.3 Å². The molecule has 104 valence electrons. The van der Waals surface area contributed by atoms with Gasteiger partial charge in [0, 0.05) is 32.1 Å². The summed E-state index contributed by atoms with van der Waals surface area (Å²) in [6, 6.07) is 10.9. The lowest BCUT2D eigenvalue weighted by Crippen LogP contribution is -2.53. The molecule has 2 rings (SSSR count). The van der Waals surface area contributed by atoms with Gasteiger partial charge in [0.15, 0.2) is 0 Å². The molecule has 0 aromatic heterocycles. The molecule has 1 aromatic rings. The van der Waals surface area contributed by atoms with E-state index in [-0.39, 0.29) is 0 Å². The van der Waals surface area contributed by atoms with Crippen LogP contribution in [0.4, 0.5) is 0 Å². The van der Waals surface area contributed by atoms with Crippen molar-refractivity contribution in [2.75, 3.05) is 19.6 Å². The van der Waals surface area contributed by atoms with Gasteiger partial charge in [-0.2, -0.15) is 0 Å². The van der Waals surface area contributed by atoms with Gasteiger partial charge >= 0.3 is 0 Å². The molecule has 3 heteroatoms. The van der Waals surface area contributed by atoms with Crippen LogP contribution >= 0.6 is 0 Å². The molecule has 0 aliphatic carbocycles. The molecular formula is C16H24N2O. The molecule has 1 unspecified atom stereocenters. The fourth-order valence-electron chi connectivity index (χ4n) is 2.57. The second-order valence-corrected chi connectivity index (χ2v) is 5.28. The standard InChI is InChI=1S/C16H24N2O/c1-2-3-9-16(19)18-11-10-17-15(13-18)12-14-7-5-4-6-8-14/h4-8,15,17H,2-3,9-13H2,1H3. The third-order valence-corrected chi connectivity index (χ3v) is 3.68. The first-order chi connectivity index (χ1) is 9.29. The molecule has 19 heavy (non-hydrogen) atoms. The maximum absolute atomic E-state index is 12.1. The van der Waals surface area contributed by atoms with Gasteiger partial charge in [-0.3, -0.25) is 4.79 Å². The minimum atomic E-state index is 0.321. The highest BCUT2D eigenvalue weighted by atomic mass is 16.2. The molecular weight excluding hydrogens is 236 g/mol. The number of carbonyl (C=O) groups excluding carboxylic acids is 1. The van der Waals surface area contributed by atoms with Crippen LogP contribution in [0.1, 0.15) is 31.7 Å². The zero-order valence-electron chi connectivity index (χ0n) is 11.8. The van der Waals surface area contributed by atoms with Crippen LogP contribution in [0, 0.1) is 0 Å². The van der Waals surface area contributed by atoms with Crippen molar-refractivity contribution in [1.29, 1.82) is 0 Å². The van der Waals surface area contributed by atoms with E-state index in [1.54, 1.807) is 0 Å². The summed E-state index contributed by atoms with van der Waals surface area (Å²) in [4.78, 5) is 14.1. The summed E-state index contributed by atoms with van der Waals surface area (Å²) in [6.07, 6.45) is 3.80. The molecule has 1 heterocycles. The quantitative estimate of drug-likeness (QED) is 0.880. The minimum Gasteiger partial charge on any atom is -0.340 e. The highest BCUT2D eigenvalue weighted by Gasteiger charge is 2.22. The second-order valence-electron chi connectivity index (χ2n) is 5.28. The number of carbonyl (C=O) groups is 1. The van der Waals surface area contributed by atoms with E-state index in [0.717, 1.165) is 38.9 Å². The summed E-state index contributed by atoms with van der Waals surface area (Å²) >= 11 is 0. The monoisotopic (exact) mass is 260 g/mol. The van der Waals surface area contributed by atoms with Crippen LogP contribution in [-0.2, 0) is 11.2 Å². The molecule has 3 nitrogen and oxygen atoms in total. The van der Waals surface area contributed by atoms with Gasteiger partial charge in [-0.05, 0) is 18.4 Å². The third kappa shape index (κ3) is 4.35. The highest BCUT2D eigenvalue weighted by molar-refractivity contribution is 5.76. The molecule has 0 bridgehead atoms. The van der Waals surface area contributed by atoms with Gasteiger partial charge in [0.25, 0.3) is 0 Å². The Labute approximate surface area is 116 Å². The highest BCUT2D eigenvalue weighted by Crippen LogP contribution is 2.09. The number of nitrogens with one attached hydrogen (secondary N) is 1. The fraction of sp³-hybridized carbons (Fsp3) is 0.562. The number of piperazine rings is 1. The summed E-state index contributed by atoms with van der Waals surface area (Å²) in [7, 11) is 0. The van der Waals surface area contributed by atoms with Crippen molar-refractivity contribution in [1.82, 2.24) is 10.2 Å². The van der Waals surface area contributed by atoms with Crippen molar-refractivity contribution in [3.8, 4) is 0 Å². The van der Waals surface area contributed by atoms with Crippen molar-refractivity contribution in [3.05, 3.63) is 35.9 Å². The minimum absolute atomic E-state index is 0.321. The van der Waals surface area contributed by atoms with Gasteiger partial charge in [-0.25, -0.2) is 0 Å². The van der Waals surface area contributed by atoms with E-state index in [1.807, 2.05) is 11.0 Å². The summed E-state index contributed by atoms with van der Waals surface area (Å²) < 4.78 is 0. The number of nitrogens with zero attached hydrogens (tertiary/aromatic N) is 1. The molecule has 1 aliphatic rings. The van der Waals surface area contributed by atoms with Gasteiger partial charge in [0.2, 0.25) is 5.91 Å². The molecule has 0 saturated carbocycles. The lowest BCUT2D eigenvalue weighted by atomic mass is 10.0. The van der Waals surface area contributed by atoms with E-state index in [4.69, 9.17) is 0 Å². The number of hydrogen-bond acceptors (Lipinski definition) is 2. The van der Waals surface area contributed by atoms with Crippen LogP contribution in [0.3, 0.4) is 0 Å². The van der Waals surface area contributed by atoms with E-state index in [0.29, 0.717) is 18.4 Å². The lowest BCUT2D eigenvalue weighted by molar-refractivity contribution is -0.132. The summed E-state index contributed by atoms with van der Waals surface area (Å²) in [5.41, 5.74) is 1.34. The van der Waals surface area contributed by atoms with Crippen LogP contribution in [0.2, 0.25) is 0 Å². The lowest BCUT2D eigenvalue weighted by Gasteiger charge is -2.34.